The van der Waals surface area contributed by atoms with Gasteiger partial charge in [-0.3, -0.25) is 14.2 Å². The molecule has 1 unspecified atom stereocenters. The van der Waals surface area contributed by atoms with E-state index >= 15 is 0 Å². The largest absolute Gasteiger partial charge is 0.384 e. The summed E-state index contributed by atoms with van der Waals surface area (Å²) < 4.78 is 1.98. The molecule has 0 radical (unpaired) electrons. The van der Waals surface area contributed by atoms with Gasteiger partial charge in [-0.2, -0.15) is 5.26 Å². The summed E-state index contributed by atoms with van der Waals surface area (Å²) in [7, 11) is 0. The van der Waals surface area contributed by atoms with Crippen LogP contribution in [0.5, 0.6) is 0 Å². The van der Waals surface area contributed by atoms with Gasteiger partial charge in [0.2, 0.25) is 5.91 Å². The molecule has 3 aromatic rings. The average molecular weight is 400 g/mol. The summed E-state index contributed by atoms with van der Waals surface area (Å²) in [6.45, 7) is 0. The molecule has 0 fully saturated rings. The SMILES string of the molecule is N#CC1=C(N)n2c(s/c(=C\c3ccccc3)c2=O)=C(C(N)=O)C1c1ccccc1. The molecule has 4 rings (SSSR count). The number of hydrogen-bond acceptors (Lipinski definition) is 5. The van der Waals surface area contributed by atoms with Crippen LogP contribution >= 0.6 is 11.3 Å². The van der Waals surface area contributed by atoms with Crippen molar-refractivity contribution in [2.75, 3.05) is 0 Å². The summed E-state index contributed by atoms with van der Waals surface area (Å²) in [6, 6.07) is 20.5. The van der Waals surface area contributed by atoms with Crippen LogP contribution in [0.25, 0.3) is 17.5 Å². The molecule has 1 amide bonds. The van der Waals surface area contributed by atoms with Crippen LogP contribution in [0.3, 0.4) is 0 Å². The first-order valence-corrected chi connectivity index (χ1v) is 9.62. The van der Waals surface area contributed by atoms with E-state index in [1.54, 1.807) is 18.2 Å². The minimum Gasteiger partial charge on any atom is -0.384 e. The van der Waals surface area contributed by atoms with E-state index in [2.05, 4.69) is 6.07 Å². The summed E-state index contributed by atoms with van der Waals surface area (Å²) in [6.07, 6.45) is 1.73. The second-order valence-electron chi connectivity index (χ2n) is 6.50. The van der Waals surface area contributed by atoms with Crippen molar-refractivity contribution in [3.63, 3.8) is 0 Å². The summed E-state index contributed by atoms with van der Waals surface area (Å²) in [5.74, 6) is -1.39. The molecule has 2 aromatic carbocycles. The van der Waals surface area contributed by atoms with Crippen molar-refractivity contribution in [3.05, 3.63) is 96.9 Å². The lowest BCUT2D eigenvalue weighted by Gasteiger charge is -2.24. The van der Waals surface area contributed by atoms with Gasteiger partial charge in [0, 0.05) is 0 Å². The van der Waals surface area contributed by atoms with Gasteiger partial charge in [-0.1, -0.05) is 60.7 Å². The number of allylic oxidation sites excluding steroid dienone is 1. The van der Waals surface area contributed by atoms with Gasteiger partial charge in [0.1, 0.15) is 10.5 Å². The lowest BCUT2D eigenvalue weighted by molar-refractivity contribution is -0.113. The first-order valence-electron chi connectivity index (χ1n) is 8.80. The first kappa shape index (κ1) is 18.5. The molecule has 6 nitrogen and oxygen atoms in total. The highest BCUT2D eigenvalue weighted by atomic mass is 32.1. The van der Waals surface area contributed by atoms with Gasteiger partial charge in [0.05, 0.1) is 27.7 Å². The summed E-state index contributed by atoms with van der Waals surface area (Å²) in [5, 5.41) is 9.78. The van der Waals surface area contributed by atoms with Crippen molar-refractivity contribution < 1.29 is 4.79 Å². The molecule has 1 aliphatic heterocycles. The predicted octanol–water partition coefficient (Wildman–Crippen LogP) is 0.823. The predicted molar refractivity (Wildman–Crippen MR) is 113 cm³/mol. The van der Waals surface area contributed by atoms with E-state index in [0.29, 0.717) is 14.8 Å². The van der Waals surface area contributed by atoms with Crippen molar-refractivity contribution in [2.45, 2.75) is 5.92 Å². The number of primary amides is 1. The number of nitriles is 1. The summed E-state index contributed by atoms with van der Waals surface area (Å²) in [4.78, 5) is 25.5. The molecule has 142 valence electrons. The molecular weight excluding hydrogens is 384 g/mol. The Morgan fingerprint density at radius 1 is 1.10 bits per heavy atom. The molecular formula is C22H16N4O2S. The van der Waals surface area contributed by atoms with Crippen LogP contribution < -0.4 is 26.2 Å². The molecule has 0 spiro atoms. The lowest BCUT2D eigenvalue weighted by Crippen LogP contribution is -2.41. The highest BCUT2D eigenvalue weighted by Crippen LogP contribution is 2.35. The fraction of sp³-hybridized carbons (Fsp3) is 0.0455. The minimum absolute atomic E-state index is 0.0234. The number of benzene rings is 2. The van der Waals surface area contributed by atoms with Crippen LogP contribution in [-0.4, -0.2) is 10.5 Å². The third kappa shape index (κ3) is 3.06. The first-order chi connectivity index (χ1) is 14.0. The number of hydrogen-bond donors (Lipinski definition) is 2. The standard InChI is InChI=1S/C22H16N4O2S/c23-12-15-17(14-9-5-2-6-10-14)18(20(25)27)22-26(19(15)24)21(28)16(29-22)11-13-7-3-1-4-8-13/h1-11,17H,24H2,(H2,25,27)/b16-11-. The molecule has 0 saturated heterocycles. The molecule has 0 saturated carbocycles. The van der Waals surface area contributed by atoms with E-state index in [1.165, 1.54) is 4.57 Å². The van der Waals surface area contributed by atoms with Gasteiger partial charge in [-0.25, -0.2) is 0 Å². The Morgan fingerprint density at radius 2 is 1.72 bits per heavy atom. The maximum Gasteiger partial charge on any atom is 0.274 e. The Bertz CT molecular complexity index is 1360. The number of amides is 1. The zero-order valence-corrected chi connectivity index (χ0v) is 16.0. The molecule has 29 heavy (non-hydrogen) atoms. The fourth-order valence-corrected chi connectivity index (χ4v) is 4.65. The van der Waals surface area contributed by atoms with Crippen LogP contribution in [0.4, 0.5) is 0 Å². The second kappa shape index (κ2) is 7.26. The molecule has 2 heterocycles. The van der Waals surface area contributed by atoms with E-state index in [0.717, 1.165) is 16.9 Å². The van der Waals surface area contributed by atoms with E-state index < -0.39 is 11.8 Å². The summed E-state index contributed by atoms with van der Waals surface area (Å²) in [5.41, 5.74) is 13.4. The zero-order valence-electron chi connectivity index (χ0n) is 15.2. The van der Waals surface area contributed by atoms with Crippen LogP contribution in [-0.2, 0) is 4.79 Å². The van der Waals surface area contributed by atoms with Crippen molar-refractivity contribution >= 4 is 34.7 Å². The molecule has 0 bridgehead atoms. The van der Waals surface area contributed by atoms with Crippen molar-refractivity contribution in [3.8, 4) is 6.07 Å². The zero-order chi connectivity index (χ0) is 20.5. The molecule has 1 aliphatic rings. The second-order valence-corrected chi connectivity index (χ2v) is 7.53. The highest BCUT2D eigenvalue weighted by molar-refractivity contribution is 7.07. The van der Waals surface area contributed by atoms with Gasteiger partial charge in [-0.15, -0.1) is 11.3 Å². The average Bonchev–Trinajstić information content (AvgIpc) is 3.05. The maximum absolute atomic E-state index is 13.1. The van der Waals surface area contributed by atoms with Crippen molar-refractivity contribution in [1.82, 2.24) is 4.57 Å². The molecule has 0 aliphatic carbocycles. The molecule has 1 atom stereocenters. The van der Waals surface area contributed by atoms with Crippen LogP contribution in [0.15, 0.2) is 71.0 Å². The van der Waals surface area contributed by atoms with E-state index in [4.69, 9.17) is 11.5 Å². The maximum atomic E-state index is 13.1. The lowest BCUT2D eigenvalue weighted by atomic mass is 9.83. The van der Waals surface area contributed by atoms with Crippen LogP contribution in [0.2, 0.25) is 0 Å². The smallest absolute Gasteiger partial charge is 0.274 e. The third-order valence-corrected chi connectivity index (χ3v) is 5.87. The minimum atomic E-state index is -0.721. The number of carbonyl (C=O) groups is 1. The van der Waals surface area contributed by atoms with Crippen molar-refractivity contribution in [2.24, 2.45) is 11.5 Å². The van der Waals surface area contributed by atoms with Gasteiger partial charge < -0.3 is 11.5 Å². The number of carbonyl (C=O) groups excluding carboxylic acids is 1. The Balaban J connectivity index is 2.11. The van der Waals surface area contributed by atoms with Gasteiger partial charge in [0.25, 0.3) is 5.56 Å². The quantitative estimate of drug-likeness (QED) is 0.677. The van der Waals surface area contributed by atoms with E-state index in [-0.39, 0.29) is 22.5 Å². The molecule has 1 aromatic heterocycles. The number of thiazole rings is 1. The molecule has 4 N–H and O–H groups in total. The van der Waals surface area contributed by atoms with Crippen molar-refractivity contribution in [1.29, 1.82) is 5.26 Å². The Hall–Kier alpha value is -3.89. The Labute approximate surface area is 169 Å². The summed E-state index contributed by atoms with van der Waals surface area (Å²) >= 11 is 1.14. The highest BCUT2D eigenvalue weighted by Gasteiger charge is 2.34. The van der Waals surface area contributed by atoms with Gasteiger partial charge in [0.15, 0.2) is 0 Å². The van der Waals surface area contributed by atoms with Crippen LogP contribution in [0.1, 0.15) is 17.0 Å². The number of rotatable bonds is 3. The van der Waals surface area contributed by atoms with E-state index in [9.17, 15) is 14.9 Å². The van der Waals surface area contributed by atoms with Gasteiger partial charge in [-0.05, 0) is 17.2 Å². The Kier molecular flexibility index (Phi) is 4.63. The molecule has 7 heteroatoms. The topological polar surface area (TPSA) is 115 Å². The Morgan fingerprint density at radius 3 is 2.31 bits per heavy atom. The number of nitrogens with two attached hydrogens (primary N) is 2. The van der Waals surface area contributed by atoms with Gasteiger partial charge >= 0.3 is 0 Å². The number of fused-ring (bicyclic) bond motifs is 1. The third-order valence-electron chi connectivity index (χ3n) is 4.76. The fourth-order valence-electron chi connectivity index (χ4n) is 3.47. The van der Waals surface area contributed by atoms with E-state index in [1.807, 2.05) is 48.5 Å². The number of aromatic nitrogens is 1. The number of nitrogens with zero attached hydrogens (tertiary/aromatic N) is 2. The normalized spacial score (nSPS) is 16.4. The van der Waals surface area contributed by atoms with Crippen LogP contribution in [0, 0.1) is 11.3 Å². The monoisotopic (exact) mass is 400 g/mol.